The molecular formula is C30H27Cl3N4O3S. The van der Waals surface area contributed by atoms with E-state index in [0.717, 1.165) is 34.9 Å². The van der Waals surface area contributed by atoms with Gasteiger partial charge in [-0.3, -0.25) is 4.79 Å². The van der Waals surface area contributed by atoms with E-state index in [9.17, 15) is 9.59 Å². The second kappa shape index (κ2) is 11.3. The lowest BCUT2D eigenvalue weighted by atomic mass is 10.0. The molecule has 11 heteroatoms. The van der Waals surface area contributed by atoms with Crippen LogP contribution in [0, 0.1) is 18.8 Å². The number of ether oxygens (including phenoxy) is 1. The average molecular weight is 630 g/mol. The van der Waals surface area contributed by atoms with Gasteiger partial charge in [-0.15, -0.1) is 0 Å². The highest BCUT2D eigenvalue weighted by Gasteiger charge is 2.57. The van der Waals surface area contributed by atoms with Crippen molar-refractivity contribution in [2.24, 2.45) is 11.8 Å². The molecular weight excluding hydrogens is 603 g/mol. The van der Waals surface area contributed by atoms with Gasteiger partial charge >= 0.3 is 5.97 Å². The van der Waals surface area contributed by atoms with Crippen molar-refractivity contribution < 1.29 is 14.3 Å². The standard InChI is InChI=1S/C30H27Cl3N4O3S/c1-3-40-29(39)27-22(11-16-6-4-7-17(10-16)18-8-5-9-19(31)12-18)35-30(41-27)37-13-20-21(14-37)25(20)36-28(38)26-24(33)23(32)15(2)34-26/h4-10,12,20-21,25,34H,3,11,13-14H2,1-2H3,(H,36,38)/t20-,21+,25+. The minimum Gasteiger partial charge on any atom is -0.462 e. The van der Waals surface area contributed by atoms with E-state index in [2.05, 4.69) is 21.3 Å². The largest absolute Gasteiger partial charge is 0.462 e. The minimum atomic E-state index is -0.358. The van der Waals surface area contributed by atoms with Gasteiger partial charge in [0, 0.05) is 48.1 Å². The molecule has 2 aromatic heterocycles. The molecule has 1 saturated heterocycles. The summed E-state index contributed by atoms with van der Waals surface area (Å²) in [7, 11) is 0. The second-order valence-electron chi connectivity index (χ2n) is 10.4. The molecule has 3 atom stereocenters. The molecule has 4 aromatic rings. The Balaban J connectivity index is 1.17. The fourth-order valence-electron chi connectivity index (χ4n) is 5.52. The molecule has 1 saturated carbocycles. The molecule has 0 spiro atoms. The van der Waals surface area contributed by atoms with Crippen molar-refractivity contribution in [3.63, 3.8) is 0 Å². The van der Waals surface area contributed by atoms with Gasteiger partial charge in [0.05, 0.1) is 22.3 Å². The lowest BCUT2D eigenvalue weighted by molar-refractivity contribution is 0.0530. The number of rotatable bonds is 8. The summed E-state index contributed by atoms with van der Waals surface area (Å²) in [5, 5.41) is 5.18. The maximum absolute atomic E-state index is 12.9. The van der Waals surface area contributed by atoms with Crippen molar-refractivity contribution in [2.45, 2.75) is 26.3 Å². The van der Waals surface area contributed by atoms with Gasteiger partial charge in [0.1, 0.15) is 10.6 Å². The molecule has 0 radical (unpaired) electrons. The first-order chi connectivity index (χ1) is 19.7. The molecule has 212 valence electrons. The third kappa shape index (κ3) is 5.58. The summed E-state index contributed by atoms with van der Waals surface area (Å²) in [6.45, 7) is 5.35. The molecule has 41 heavy (non-hydrogen) atoms. The van der Waals surface area contributed by atoms with Crippen LogP contribution in [0.5, 0.6) is 0 Å². The second-order valence-corrected chi connectivity index (χ2v) is 12.5. The summed E-state index contributed by atoms with van der Waals surface area (Å²) in [5.74, 6) is -0.00494. The van der Waals surface area contributed by atoms with E-state index >= 15 is 0 Å². The van der Waals surface area contributed by atoms with E-state index in [4.69, 9.17) is 44.5 Å². The Kier molecular flexibility index (Phi) is 7.76. The molecule has 2 aromatic carbocycles. The monoisotopic (exact) mass is 628 g/mol. The van der Waals surface area contributed by atoms with E-state index < -0.39 is 0 Å². The van der Waals surface area contributed by atoms with Crippen molar-refractivity contribution in [1.29, 1.82) is 0 Å². The maximum atomic E-state index is 12.9. The highest BCUT2D eigenvalue weighted by atomic mass is 35.5. The summed E-state index contributed by atoms with van der Waals surface area (Å²) in [4.78, 5) is 36.3. The van der Waals surface area contributed by atoms with E-state index in [1.54, 1.807) is 13.8 Å². The van der Waals surface area contributed by atoms with Gasteiger partial charge in [0.15, 0.2) is 5.13 Å². The van der Waals surface area contributed by atoms with E-state index in [1.165, 1.54) is 11.3 Å². The number of aryl methyl sites for hydroxylation is 1. The normalized spacial score (nSPS) is 19.2. The number of aromatic nitrogens is 2. The first-order valence-corrected chi connectivity index (χ1v) is 15.3. The van der Waals surface area contributed by atoms with Crippen molar-refractivity contribution >= 4 is 63.1 Å². The number of benzene rings is 2. The molecule has 1 aliphatic heterocycles. The number of anilines is 1. The number of esters is 1. The fraction of sp³-hybridized carbons (Fsp3) is 0.300. The van der Waals surface area contributed by atoms with Crippen molar-refractivity contribution in [3.05, 3.63) is 91.1 Å². The number of carbonyl (C=O) groups excluding carboxylic acids is 2. The van der Waals surface area contributed by atoms with Gasteiger partial charge in [-0.1, -0.05) is 82.5 Å². The zero-order valence-electron chi connectivity index (χ0n) is 22.3. The van der Waals surface area contributed by atoms with Crippen molar-refractivity contribution in [1.82, 2.24) is 15.3 Å². The molecule has 0 unspecified atom stereocenters. The van der Waals surface area contributed by atoms with Crippen molar-refractivity contribution in [3.8, 4) is 11.1 Å². The number of aromatic amines is 1. The van der Waals surface area contributed by atoms with Gasteiger partial charge < -0.3 is 19.9 Å². The summed E-state index contributed by atoms with van der Waals surface area (Å²) >= 11 is 19.9. The number of H-pyrrole nitrogens is 1. The van der Waals surface area contributed by atoms with E-state index in [1.807, 2.05) is 42.5 Å². The van der Waals surface area contributed by atoms with E-state index in [-0.39, 0.29) is 22.9 Å². The number of nitrogens with zero attached hydrogens (tertiary/aromatic N) is 2. The van der Waals surface area contributed by atoms with Crippen LogP contribution in [0.2, 0.25) is 15.1 Å². The molecule has 2 fully saturated rings. The molecule has 1 amide bonds. The van der Waals surface area contributed by atoms with Gasteiger partial charge in [0.25, 0.3) is 5.91 Å². The number of carbonyl (C=O) groups is 2. The number of fused-ring (bicyclic) bond motifs is 1. The first kappa shape index (κ1) is 28.1. The van der Waals surface area contributed by atoms with Gasteiger partial charge in [0.2, 0.25) is 0 Å². The zero-order valence-corrected chi connectivity index (χ0v) is 25.4. The molecule has 2 N–H and O–H groups in total. The predicted octanol–water partition coefficient (Wildman–Crippen LogP) is 7.04. The molecule has 1 aliphatic carbocycles. The van der Waals surface area contributed by atoms with Crippen LogP contribution < -0.4 is 10.2 Å². The molecule has 0 bridgehead atoms. The van der Waals surface area contributed by atoms with Gasteiger partial charge in [-0.2, -0.15) is 0 Å². The summed E-state index contributed by atoms with van der Waals surface area (Å²) in [5.41, 5.74) is 4.76. The number of hydrogen-bond donors (Lipinski definition) is 2. The van der Waals surface area contributed by atoms with Crippen LogP contribution in [0.1, 0.15) is 44.0 Å². The lowest BCUT2D eigenvalue weighted by Crippen LogP contribution is -2.34. The Hall–Kier alpha value is -3.04. The van der Waals surface area contributed by atoms with Crippen molar-refractivity contribution in [2.75, 3.05) is 24.6 Å². The fourth-order valence-corrected chi connectivity index (χ4v) is 7.12. The predicted molar refractivity (Wildman–Crippen MR) is 164 cm³/mol. The summed E-state index contributed by atoms with van der Waals surface area (Å²) < 4.78 is 5.37. The molecule has 7 nitrogen and oxygen atoms in total. The topological polar surface area (TPSA) is 87.3 Å². The van der Waals surface area contributed by atoms with Crippen LogP contribution in [0.15, 0.2) is 48.5 Å². The highest BCUT2D eigenvalue weighted by molar-refractivity contribution is 7.17. The van der Waals surface area contributed by atoms with Crippen LogP contribution in [0.25, 0.3) is 11.1 Å². The van der Waals surface area contributed by atoms with Crippen LogP contribution >= 0.6 is 46.1 Å². The van der Waals surface area contributed by atoms with Crippen LogP contribution in [-0.4, -0.2) is 47.6 Å². The number of piperidine rings is 1. The molecule has 6 rings (SSSR count). The Morgan fingerprint density at radius 2 is 1.78 bits per heavy atom. The first-order valence-electron chi connectivity index (χ1n) is 13.3. The number of amides is 1. The summed E-state index contributed by atoms with van der Waals surface area (Å²) in [6.07, 6.45) is 0.497. The quantitative estimate of drug-likeness (QED) is 0.204. The van der Waals surface area contributed by atoms with Crippen LogP contribution in [0.3, 0.4) is 0 Å². The number of halogens is 3. The van der Waals surface area contributed by atoms with E-state index in [0.29, 0.717) is 56.9 Å². The Labute approximate surface area is 256 Å². The molecule has 3 heterocycles. The third-order valence-corrected chi connectivity index (χ3v) is 9.97. The Bertz CT molecular complexity index is 1640. The number of thiazole rings is 1. The van der Waals surface area contributed by atoms with Gasteiger partial charge in [-0.05, 0) is 42.7 Å². The SMILES string of the molecule is CCOC(=O)c1sc(N2C[C@@H]3[C@H](C2)[C@H]3NC(=O)c2[nH]c(C)c(Cl)c2Cl)nc1Cc1cccc(-c2cccc(Cl)c2)c1. The number of hydrogen-bond acceptors (Lipinski definition) is 6. The Morgan fingerprint density at radius 3 is 2.44 bits per heavy atom. The maximum Gasteiger partial charge on any atom is 0.350 e. The minimum absolute atomic E-state index is 0.0652. The third-order valence-electron chi connectivity index (χ3n) is 7.65. The zero-order chi connectivity index (χ0) is 28.8. The Morgan fingerprint density at radius 1 is 1.07 bits per heavy atom. The lowest BCUT2D eigenvalue weighted by Gasteiger charge is -2.19. The number of nitrogens with one attached hydrogen (secondary N) is 2. The highest BCUT2D eigenvalue weighted by Crippen LogP contribution is 2.48. The van der Waals surface area contributed by atoms with Crippen LogP contribution in [-0.2, 0) is 11.2 Å². The molecule has 2 aliphatic rings. The summed E-state index contributed by atoms with van der Waals surface area (Å²) in [6, 6.07) is 16.0. The van der Waals surface area contributed by atoms with Crippen LogP contribution in [0.4, 0.5) is 5.13 Å². The van der Waals surface area contributed by atoms with Gasteiger partial charge in [-0.25, -0.2) is 9.78 Å². The average Bonchev–Trinajstić information content (AvgIpc) is 3.29. The smallest absolute Gasteiger partial charge is 0.350 e.